The lowest BCUT2D eigenvalue weighted by Gasteiger charge is -2.21. The van der Waals surface area contributed by atoms with E-state index in [1.807, 2.05) is 23.7 Å². The normalized spacial score (nSPS) is 13.0. The second-order valence-corrected chi connectivity index (χ2v) is 5.50. The maximum atomic E-state index is 12.9. The highest BCUT2D eigenvalue weighted by Gasteiger charge is 2.34. The highest BCUT2D eigenvalue weighted by Crippen LogP contribution is 2.32. The highest BCUT2D eigenvalue weighted by atomic mass is 16.1. The molecule has 0 saturated carbocycles. The van der Waals surface area contributed by atoms with Gasteiger partial charge in [0.15, 0.2) is 5.78 Å². The summed E-state index contributed by atoms with van der Waals surface area (Å²) in [7, 11) is 1.85. The molecule has 0 bridgehead atoms. The maximum absolute atomic E-state index is 12.9. The van der Waals surface area contributed by atoms with E-state index in [1.165, 1.54) is 0 Å². The number of benzene rings is 1. The minimum atomic E-state index is -0.877. The van der Waals surface area contributed by atoms with Crippen molar-refractivity contribution in [1.82, 2.24) is 14.5 Å². The van der Waals surface area contributed by atoms with Gasteiger partial charge in [-0.3, -0.25) is 9.78 Å². The van der Waals surface area contributed by atoms with E-state index in [0.717, 1.165) is 5.56 Å². The van der Waals surface area contributed by atoms with Crippen LogP contribution in [0.25, 0.3) is 0 Å². The predicted octanol–water partition coefficient (Wildman–Crippen LogP) is 2.97. The summed E-state index contributed by atoms with van der Waals surface area (Å²) in [5.41, 5.74) is 1.31. The molecular weight excluding hydrogens is 300 g/mol. The van der Waals surface area contributed by atoms with E-state index >= 15 is 0 Å². The molecule has 3 rings (SSSR count). The van der Waals surface area contributed by atoms with E-state index < -0.39 is 11.8 Å². The molecule has 0 radical (unpaired) electrons. The maximum Gasteiger partial charge on any atom is 0.181 e. The van der Waals surface area contributed by atoms with Crippen molar-refractivity contribution in [2.75, 3.05) is 0 Å². The Bertz CT molecular complexity index is 865. The summed E-state index contributed by atoms with van der Waals surface area (Å²) in [5.74, 6) is -0.900. The van der Waals surface area contributed by atoms with Gasteiger partial charge >= 0.3 is 0 Å². The van der Waals surface area contributed by atoms with Gasteiger partial charge in [-0.05, 0) is 11.6 Å². The number of aryl methyl sites for hydroxylation is 1. The number of hydrogen-bond acceptors (Lipinski definition) is 4. The molecule has 118 valence electrons. The standard InChI is InChI=1S/C19H16N4O/c1-23-11-10-22-19(23)17(15-8-5-9-21-13-15)16(12-20)18(24)14-6-3-2-4-7-14/h2-11,13,16-17H,1H3. The second kappa shape index (κ2) is 6.88. The SMILES string of the molecule is Cn1ccnc1C(c1cccnc1)C(C#N)C(=O)c1ccccc1. The van der Waals surface area contributed by atoms with E-state index in [9.17, 15) is 10.1 Å². The molecule has 2 aromatic heterocycles. The van der Waals surface area contributed by atoms with Gasteiger partial charge in [0.25, 0.3) is 0 Å². The van der Waals surface area contributed by atoms with Crippen LogP contribution in [-0.2, 0) is 7.05 Å². The van der Waals surface area contributed by atoms with E-state index in [-0.39, 0.29) is 5.78 Å². The van der Waals surface area contributed by atoms with Crippen LogP contribution in [0.5, 0.6) is 0 Å². The molecule has 5 heteroatoms. The van der Waals surface area contributed by atoms with Crippen LogP contribution in [0.15, 0.2) is 67.3 Å². The van der Waals surface area contributed by atoms with Gasteiger partial charge in [0.05, 0.1) is 12.0 Å². The van der Waals surface area contributed by atoms with Crippen molar-refractivity contribution in [3.8, 4) is 6.07 Å². The van der Waals surface area contributed by atoms with Crippen molar-refractivity contribution in [3.05, 3.63) is 84.2 Å². The number of carbonyl (C=O) groups excluding carboxylic acids is 1. The van der Waals surface area contributed by atoms with Crippen molar-refractivity contribution in [2.45, 2.75) is 5.92 Å². The molecule has 0 aliphatic rings. The van der Waals surface area contributed by atoms with Crippen LogP contribution in [-0.4, -0.2) is 20.3 Å². The first-order valence-corrected chi connectivity index (χ1v) is 7.58. The molecule has 0 fully saturated rings. The Morgan fingerprint density at radius 2 is 1.96 bits per heavy atom. The number of imidazole rings is 1. The summed E-state index contributed by atoms with van der Waals surface area (Å²) in [5, 5.41) is 9.75. The topological polar surface area (TPSA) is 71.6 Å². The minimum Gasteiger partial charge on any atom is -0.337 e. The Morgan fingerprint density at radius 3 is 2.54 bits per heavy atom. The number of Topliss-reactive ketones (excluding diaryl/α,β-unsaturated/α-hetero) is 1. The smallest absolute Gasteiger partial charge is 0.181 e. The first-order chi connectivity index (χ1) is 11.7. The van der Waals surface area contributed by atoms with E-state index in [0.29, 0.717) is 11.4 Å². The second-order valence-electron chi connectivity index (χ2n) is 5.50. The summed E-state index contributed by atoms with van der Waals surface area (Å²) in [6.45, 7) is 0. The third kappa shape index (κ3) is 2.95. The lowest BCUT2D eigenvalue weighted by molar-refractivity contribution is 0.0938. The largest absolute Gasteiger partial charge is 0.337 e. The number of aromatic nitrogens is 3. The first kappa shape index (κ1) is 15.6. The monoisotopic (exact) mass is 316 g/mol. The summed E-state index contributed by atoms with van der Waals surface area (Å²) in [6.07, 6.45) is 6.82. The molecule has 0 N–H and O–H groups in total. The van der Waals surface area contributed by atoms with Gasteiger partial charge in [-0.2, -0.15) is 5.26 Å². The van der Waals surface area contributed by atoms with Crippen LogP contribution < -0.4 is 0 Å². The van der Waals surface area contributed by atoms with Gasteiger partial charge in [-0.1, -0.05) is 36.4 Å². The Morgan fingerprint density at radius 1 is 1.17 bits per heavy atom. The molecule has 24 heavy (non-hydrogen) atoms. The lowest BCUT2D eigenvalue weighted by atomic mass is 9.82. The average Bonchev–Trinajstić information content (AvgIpc) is 3.06. The Balaban J connectivity index is 2.09. The lowest BCUT2D eigenvalue weighted by Crippen LogP contribution is -2.24. The van der Waals surface area contributed by atoms with Gasteiger partial charge in [-0.25, -0.2) is 4.98 Å². The van der Waals surface area contributed by atoms with Crippen molar-refractivity contribution in [1.29, 1.82) is 5.26 Å². The molecule has 2 unspecified atom stereocenters. The molecule has 0 spiro atoms. The molecule has 0 saturated heterocycles. The quantitative estimate of drug-likeness (QED) is 0.678. The van der Waals surface area contributed by atoms with Crippen LogP contribution in [0.3, 0.4) is 0 Å². The van der Waals surface area contributed by atoms with E-state index in [1.54, 1.807) is 55.1 Å². The van der Waals surface area contributed by atoms with Crippen molar-refractivity contribution in [3.63, 3.8) is 0 Å². The summed E-state index contributed by atoms with van der Waals surface area (Å²) >= 11 is 0. The molecule has 2 atom stereocenters. The summed E-state index contributed by atoms with van der Waals surface area (Å²) in [4.78, 5) is 21.4. The van der Waals surface area contributed by atoms with Gasteiger partial charge < -0.3 is 4.57 Å². The molecule has 3 aromatic rings. The summed E-state index contributed by atoms with van der Waals surface area (Å²) in [6, 6.07) is 14.7. The van der Waals surface area contributed by atoms with Gasteiger partial charge in [0.1, 0.15) is 11.7 Å². The number of nitriles is 1. The van der Waals surface area contributed by atoms with E-state index in [2.05, 4.69) is 16.0 Å². The Kier molecular flexibility index (Phi) is 4.48. The van der Waals surface area contributed by atoms with Gasteiger partial charge in [-0.15, -0.1) is 0 Å². The third-order valence-electron chi connectivity index (χ3n) is 3.99. The molecule has 0 aliphatic heterocycles. The minimum absolute atomic E-state index is 0.213. The molecule has 2 heterocycles. The Hall–Kier alpha value is -3.26. The zero-order chi connectivity index (χ0) is 16.9. The van der Waals surface area contributed by atoms with E-state index in [4.69, 9.17) is 0 Å². The van der Waals surface area contributed by atoms with Crippen molar-refractivity contribution >= 4 is 5.78 Å². The number of rotatable bonds is 5. The molecule has 5 nitrogen and oxygen atoms in total. The zero-order valence-electron chi connectivity index (χ0n) is 13.2. The number of pyridine rings is 1. The molecule has 0 amide bonds. The summed E-state index contributed by atoms with van der Waals surface area (Å²) < 4.78 is 1.83. The van der Waals surface area contributed by atoms with Gasteiger partial charge in [0, 0.05) is 37.4 Å². The number of ketones is 1. The fourth-order valence-corrected chi connectivity index (χ4v) is 2.79. The van der Waals surface area contributed by atoms with Crippen LogP contribution >= 0.6 is 0 Å². The average molecular weight is 316 g/mol. The van der Waals surface area contributed by atoms with Gasteiger partial charge in [0.2, 0.25) is 0 Å². The fraction of sp³-hybridized carbons (Fsp3) is 0.158. The molecular formula is C19H16N4O. The molecule has 1 aromatic carbocycles. The highest BCUT2D eigenvalue weighted by molar-refractivity contribution is 6.00. The fourth-order valence-electron chi connectivity index (χ4n) is 2.79. The number of hydrogen-bond donors (Lipinski definition) is 0. The predicted molar refractivity (Wildman–Crippen MR) is 89.2 cm³/mol. The number of carbonyl (C=O) groups is 1. The van der Waals surface area contributed by atoms with Crippen LogP contribution in [0.2, 0.25) is 0 Å². The van der Waals surface area contributed by atoms with Crippen LogP contribution in [0.1, 0.15) is 27.7 Å². The molecule has 0 aliphatic carbocycles. The van der Waals surface area contributed by atoms with Crippen molar-refractivity contribution < 1.29 is 4.79 Å². The first-order valence-electron chi connectivity index (χ1n) is 7.58. The Labute approximate surface area is 140 Å². The van der Waals surface area contributed by atoms with Crippen LogP contribution in [0.4, 0.5) is 0 Å². The van der Waals surface area contributed by atoms with Crippen molar-refractivity contribution in [2.24, 2.45) is 13.0 Å². The van der Waals surface area contributed by atoms with Crippen LogP contribution in [0, 0.1) is 17.2 Å². The number of nitrogens with zero attached hydrogens (tertiary/aromatic N) is 4. The zero-order valence-corrected chi connectivity index (χ0v) is 13.2. The third-order valence-corrected chi connectivity index (χ3v) is 3.99.